The van der Waals surface area contributed by atoms with Gasteiger partial charge in [0.1, 0.15) is 0 Å². The molecule has 1 unspecified atom stereocenters. The molecular formula is C16H29N3O. The first-order chi connectivity index (χ1) is 9.75. The minimum atomic E-state index is -0.0753. The second kappa shape index (κ2) is 7.23. The number of ether oxygens (including phenoxy) is 1. The third kappa shape index (κ3) is 3.23. The fourth-order valence-electron chi connectivity index (χ4n) is 3.45. The van der Waals surface area contributed by atoms with Crippen LogP contribution in [0.15, 0.2) is 12.4 Å². The second-order valence-electron chi connectivity index (χ2n) is 5.80. The standard InChI is InChI=1S/C16H29N3O/c1-4-17-15(14-12-18-19(5-2)13-14)16(20-3)10-8-6-7-9-11-16/h12-13,15,17H,4-11H2,1-3H3. The second-order valence-corrected chi connectivity index (χ2v) is 5.80. The average Bonchev–Trinajstić information content (AvgIpc) is 2.82. The highest BCUT2D eigenvalue weighted by molar-refractivity contribution is 5.17. The van der Waals surface area contributed by atoms with Crippen LogP contribution >= 0.6 is 0 Å². The lowest BCUT2D eigenvalue weighted by molar-refractivity contribution is -0.0537. The van der Waals surface area contributed by atoms with Crippen LogP contribution in [-0.2, 0) is 11.3 Å². The third-order valence-corrected chi connectivity index (χ3v) is 4.60. The number of rotatable bonds is 6. The first-order valence-corrected chi connectivity index (χ1v) is 8.06. The number of likely N-dealkylation sites (N-methyl/N-ethyl adjacent to an activating group) is 1. The Morgan fingerprint density at radius 3 is 2.50 bits per heavy atom. The summed E-state index contributed by atoms with van der Waals surface area (Å²) < 4.78 is 8.07. The van der Waals surface area contributed by atoms with E-state index in [-0.39, 0.29) is 11.6 Å². The predicted molar refractivity (Wildman–Crippen MR) is 81.8 cm³/mol. The normalized spacial score (nSPS) is 20.6. The van der Waals surface area contributed by atoms with Gasteiger partial charge in [-0.2, -0.15) is 5.10 Å². The number of hydrogen-bond acceptors (Lipinski definition) is 3. The van der Waals surface area contributed by atoms with Crippen LogP contribution in [0.4, 0.5) is 0 Å². The Morgan fingerprint density at radius 2 is 2.00 bits per heavy atom. The Hall–Kier alpha value is -0.870. The molecule has 0 aromatic carbocycles. The van der Waals surface area contributed by atoms with Crippen molar-refractivity contribution < 1.29 is 4.74 Å². The molecule has 0 saturated heterocycles. The van der Waals surface area contributed by atoms with Crippen molar-refractivity contribution in [1.82, 2.24) is 15.1 Å². The minimum absolute atomic E-state index is 0.0753. The van der Waals surface area contributed by atoms with E-state index in [1.54, 1.807) is 0 Å². The van der Waals surface area contributed by atoms with E-state index >= 15 is 0 Å². The molecule has 0 spiro atoms. The molecule has 0 amide bonds. The number of nitrogens with zero attached hydrogens (tertiary/aromatic N) is 2. The summed E-state index contributed by atoms with van der Waals surface area (Å²) in [5.41, 5.74) is 1.19. The Labute approximate surface area is 122 Å². The quantitative estimate of drug-likeness (QED) is 0.812. The van der Waals surface area contributed by atoms with Gasteiger partial charge in [-0.05, 0) is 26.3 Å². The number of aromatic nitrogens is 2. The number of nitrogens with one attached hydrogen (secondary N) is 1. The third-order valence-electron chi connectivity index (χ3n) is 4.60. The highest BCUT2D eigenvalue weighted by Gasteiger charge is 2.40. The first kappa shape index (κ1) is 15.5. The van der Waals surface area contributed by atoms with Crippen molar-refractivity contribution in [2.45, 2.75) is 70.6 Å². The van der Waals surface area contributed by atoms with Crippen LogP contribution in [0.5, 0.6) is 0 Å². The lowest BCUT2D eigenvalue weighted by Crippen LogP contribution is -2.45. The van der Waals surface area contributed by atoms with Gasteiger partial charge in [0.15, 0.2) is 0 Å². The van der Waals surface area contributed by atoms with Gasteiger partial charge in [0.05, 0.1) is 17.8 Å². The van der Waals surface area contributed by atoms with Crippen molar-refractivity contribution in [3.63, 3.8) is 0 Å². The van der Waals surface area contributed by atoms with Gasteiger partial charge >= 0.3 is 0 Å². The molecule has 0 aliphatic heterocycles. The van der Waals surface area contributed by atoms with E-state index in [0.29, 0.717) is 0 Å². The Morgan fingerprint density at radius 1 is 1.30 bits per heavy atom. The van der Waals surface area contributed by atoms with Crippen molar-refractivity contribution in [3.05, 3.63) is 18.0 Å². The minimum Gasteiger partial charge on any atom is -0.376 e. The van der Waals surface area contributed by atoms with E-state index in [2.05, 4.69) is 30.5 Å². The highest BCUT2D eigenvalue weighted by atomic mass is 16.5. The van der Waals surface area contributed by atoms with Gasteiger partial charge < -0.3 is 10.1 Å². The zero-order valence-corrected chi connectivity index (χ0v) is 13.2. The maximum absolute atomic E-state index is 6.07. The van der Waals surface area contributed by atoms with Crippen LogP contribution in [0.2, 0.25) is 0 Å². The summed E-state index contributed by atoms with van der Waals surface area (Å²) in [7, 11) is 1.87. The van der Waals surface area contributed by atoms with E-state index in [1.807, 2.05) is 18.0 Å². The van der Waals surface area contributed by atoms with Crippen LogP contribution in [0.1, 0.15) is 64.0 Å². The molecule has 1 heterocycles. The molecule has 0 bridgehead atoms. The molecule has 2 rings (SSSR count). The van der Waals surface area contributed by atoms with E-state index in [0.717, 1.165) is 25.9 Å². The topological polar surface area (TPSA) is 39.1 Å². The molecule has 1 aliphatic carbocycles. The molecule has 4 nitrogen and oxygen atoms in total. The number of aryl methyl sites for hydroxylation is 1. The molecule has 1 saturated carbocycles. The Bertz CT molecular complexity index is 394. The van der Waals surface area contributed by atoms with E-state index in [4.69, 9.17) is 4.74 Å². The van der Waals surface area contributed by atoms with E-state index < -0.39 is 0 Å². The molecule has 20 heavy (non-hydrogen) atoms. The summed E-state index contributed by atoms with van der Waals surface area (Å²) in [6.45, 7) is 6.15. The Balaban J connectivity index is 2.28. The van der Waals surface area contributed by atoms with Gasteiger partial charge in [-0.1, -0.05) is 32.6 Å². The van der Waals surface area contributed by atoms with Gasteiger partial charge in [0.2, 0.25) is 0 Å². The zero-order valence-electron chi connectivity index (χ0n) is 13.2. The van der Waals surface area contributed by atoms with Crippen molar-refractivity contribution in [2.75, 3.05) is 13.7 Å². The first-order valence-electron chi connectivity index (χ1n) is 8.06. The zero-order chi connectivity index (χ0) is 14.4. The largest absolute Gasteiger partial charge is 0.376 e. The van der Waals surface area contributed by atoms with Crippen LogP contribution in [0.25, 0.3) is 0 Å². The SMILES string of the molecule is CCNC(c1cnn(CC)c1)C1(OC)CCCCCC1. The number of methoxy groups -OCH3 is 1. The molecule has 114 valence electrons. The molecule has 1 atom stereocenters. The molecule has 1 aromatic rings. The maximum Gasteiger partial charge on any atom is 0.0873 e. The summed E-state index contributed by atoms with van der Waals surface area (Å²) >= 11 is 0. The fourth-order valence-corrected chi connectivity index (χ4v) is 3.45. The fraction of sp³-hybridized carbons (Fsp3) is 0.812. The lowest BCUT2D eigenvalue weighted by atomic mass is 9.83. The summed E-state index contributed by atoms with van der Waals surface area (Å²) in [5, 5.41) is 8.09. The molecule has 4 heteroatoms. The molecule has 1 N–H and O–H groups in total. The van der Waals surface area contributed by atoms with E-state index in [1.165, 1.54) is 31.2 Å². The predicted octanol–water partition coefficient (Wildman–Crippen LogP) is 3.29. The van der Waals surface area contributed by atoms with Gasteiger partial charge in [-0.25, -0.2) is 0 Å². The van der Waals surface area contributed by atoms with Crippen LogP contribution in [-0.4, -0.2) is 29.0 Å². The summed E-state index contributed by atoms with van der Waals surface area (Å²) in [4.78, 5) is 0. The van der Waals surface area contributed by atoms with Crippen LogP contribution in [0.3, 0.4) is 0 Å². The van der Waals surface area contributed by atoms with Gasteiger partial charge in [-0.15, -0.1) is 0 Å². The van der Waals surface area contributed by atoms with Crippen LogP contribution in [0, 0.1) is 0 Å². The van der Waals surface area contributed by atoms with Gasteiger partial charge in [0.25, 0.3) is 0 Å². The smallest absolute Gasteiger partial charge is 0.0873 e. The Kier molecular flexibility index (Phi) is 5.61. The highest BCUT2D eigenvalue weighted by Crippen LogP contribution is 2.40. The van der Waals surface area contributed by atoms with Crippen molar-refractivity contribution in [2.24, 2.45) is 0 Å². The summed E-state index contributed by atoms with van der Waals surface area (Å²) in [5.74, 6) is 0. The lowest BCUT2D eigenvalue weighted by Gasteiger charge is -2.39. The summed E-state index contributed by atoms with van der Waals surface area (Å²) in [6, 6.07) is 0.246. The molecule has 0 radical (unpaired) electrons. The number of hydrogen-bond donors (Lipinski definition) is 1. The average molecular weight is 279 g/mol. The van der Waals surface area contributed by atoms with Crippen molar-refractivity contribution in [1.29, 1.82) is 0 Å². The molecular weight excluding hydrogens is 250 g/mol. The summed E-state index contributed by atoms with van der Waals surface area (Å²) in [6.07, 6.45) is 11.6. The van der Waals surface area contributed by atoms with Crippen molar-refractivity contribution in [3.8, 4) is 0 Å². The van der Waals surface area contributed by atoms with E-state index in [9.17, 15) is 0 Å². The molecule has 1 fully saturated rings. The van der Waals surface area contributed by atoms with Gasteiger partial charge in [-0.3, -0.25) is 4.68 Å². The molecule has 1 aliphatic rings. The molecule has 1 aromatic heterocycles. The van der Waals surface area contributed by atoms with Crippen LogP contribution < -0.4 is 5.32 Å². The van der Waals surface area contributed by atoms with Gasteiger partial charge in [0, 0.05) is 25.4 Å². The van der Waals surface area contributed by atoms with Crippen molar-refractivity contribution >= 4 is 0 Å². The monoisotopic (exact) mass is 279 g/mol. The maximum atomic E-state index is 6.07.